The molecule has 0 bridgehead atoms. The van der Waals surface area contributed by atoms with Gasteiger partial charge in [-0.1, -0.05) is 6.07 Å². The largest absolute Gasteiger partial charge is 0.503 e. The molecule has 9 heteroatoms. The Bertz CT molecular complexity index is 1090. The van der Waals surface area contributed by atoms with Crippen molar-refractivity contribution in [3.63, 3.8) is 0 Å². The lowest BCUT2D eigenvalue weighted by molar-refractivity contribution is -0.0740. The molecule has 1 amide bonds. The lowest BCUT2D eigenvalue weighted by Gasteiger charge is -2.44. The third kappa shape index (κ3) is 3.09. The molecule has 30 heavy (non-hydrogen) atoms. The highest BCUT2D eigenvalue weighted by atomic mass is 19.1. The van der Waals surface area contributed by atoms with Gasteiger partial charge in [-0.25, -0.2) is 8.78 Å². The van der Waals surface area contributed by atoms with Crippen LogP contribution in [0.1, 0.15) is 46.2 Å². The summed E-state index contributed by atoms with van der Waals surface area (Å²) in [6.07, 6.45) is 1.99. The van der Waals surface area contributed by atoms with E-state index in [9.17, 15) is 28.3 Å². The van der Waals surface area contributed by atoms with Gasteiger partial charge in [0.1, 0.15) is 22.9 Å². The minimum Gasteiger partial charge on any atom is -0.503 e. The molecular weight excluding hydrogens is 398 g/mol. The van der Waals surface area contributed by atoms with Crippen LogP contribution in [0.5, 0.6) is 5.75 Å². The number of hydrogen-bond donors (Lipinski definition) is 2. The summed E-state index contributed by atoms with van der Waals surface area (Å²) in [6, 6.07) is 3.30. The number of carbonyl (C=O) groups excluding carboxylic acids is 2. The van der Waals surface area contributed by atoms with Crippen LogP contribution in [-0.2, 0) is 17.8 Å². The minimum absolute atomic E-state index is 0.152. The first-order chi connectivity index (χ1) is 14.2. The van der Waals surface area contributed by atoms with Gasteiger partial charge in [-0.2, -0.15) is 0 Å². The smallest absolute Gasteiger partial charge is 0.257 e. The highest BCUT2D eigenvalue weighted by Gasteiger charge is 2.49. The van der Waals surface area contributed by atoms with Crippen molar-refractivity contribution in [3.8, 4) is 5.75 Å². The van der Waals surface area contributed by atoms with Crippen molar-refractivity contribution >= 4 is 11.7 Å². The van der Waals surface area contributed by atoms with E-state index in [2.05, 4.69) is 5.32 Å². The van der Waals surface area contributed by atoms with E-state index in [0.29, 0.717) is 19.4 Å². The highest BCUT2D eigenvalue weighted by Crippen LogP contribution is 2.42. The molecule has 4 rings (SSSR count). The van der Waals surface area contributed by atoms with Crippen molar-refractivity contribution < 1.29 is 28.2 Å². The van der Waals surface area contributed by atoms with E-state index in [1.54, 1.807) is 6.92 Å². The van der Waals surface area contributed by atoms with Crippen molar-refractivity contribution in [3.05, 3.63) is 63.1 Å². The van der Waals surface area contributed by atoms with Crippen LogP contribution in [0.4, 0.5) is 8.78 Å². The second kappa shape index (κ2) is 7.32. The Balaban J connectivity index is 1.66. The van der Waals surface area contributed by atoms with Crippen LogP contribution in [0.2, 0.25) is 0 Å². The molecule has 1 fully saturated rings. The van der Waals surface area contributed by atoms with Crippen LogP contribution in [0.3, 0.4) is 0 Å². The Labute approximate surface area is 170 Å². The fourth-order valence-corrected chi connectivity index (χ4v) is 4.13. The van der Waals surface area contributed by atoms with Gasteiger partial charge in [0.05, 0.1) is 18.1 Å². The summed E-state index contributed by atoms with van der Waals surface area (Å²) in [6.45, 7) is 1.95. The van der Waals surface area contributed by atoms with Gasteiger partial charge < -0.3 is 19.7 Å². The third-order valence-electron chi connectivity index (χ3n) is 5.95. The summed E-state index contributed by atoms with van der Waals surface area (Å²) in [7, 11) is 0. The van der Waals surface area contributed by atoms with Gasteiger partial charge in [-0.15, -0.1) is 0 Å². The SMILES string of the molecule is C[C@]12CCCO[C@H]1Cn1cc(C(=O)NCc3c(F)cccc3F)c(=O)c(O)c1C2=O. The van der Waals surface area contributed by atoms with E-state index in [4.69, 9.17) is 4.74 Å². The molecule has 158 valence electrons. The molecule has 2 aromatic rings. The summed E-state index contributed by atoms with van der Waals surface area (Å²) >= 11 is 0. The van der Waals surface area contributed by atoms with Crippen molar-refractivity contribution in [1.82, 2.24) is 9.88 Å². The van der Waals surface area contributed by atoms with Crippen molar-refractivity contribution in [2.75, 3.05) is 6.61 Å². The first-order valence-electron chi connectivity index (χ1n) is 9.58. The van der Waals surface area contributed by atoms with Gasteiger partial charge >= 0.3 is 0 Å². The van der Waals surface area contributed by atoms with Gasteiger partial charge in [-0.05, 0) is 31.9 Å². The number of nitrogens with zero attached hydrogens (tertiary/aromatic N) is 1. The highest BCUT2D eigenvalue weighted by molar-refractivity contribution is 6.03. The summed E-state index contributed by atoms with van der Waals surface area (Å²) in [4.78, 5) is 38.1. The zero-order valence-corrected chi connectivity index (χ0v) is 16.2. The molecule has 2 aliphatic rings. The van der Waals surface area contributed by atoms with Gasteiger partial charge in [0, 0.05) is 24.9 Å². The van der Waals surface area contributed by atoms with Crippen LogP contribution in [0, 0.1) is 17.0 Å². The molecule has 0 unspecified atom stereocenters. The second-order valence-corrected chi connectivity index (χ2v) is 7.81. The number of ketones is 1. The number of Topliss-reactive ketones (excluding diaryl/α,β-unsaturated/α-hetero) is 1. The Morgan fingerprint density at radius 3 is 2.73 bits per heavy atom. The summed E-state index contributed by atoms with van der Waals surface area (Å²) < 4.78 is 34.6. The van der Waals surface area contributed by atoms with E-state index in [-0.39, 0.29) is 17.8 Å². The van der Waals surface area contributed by atoms with Crippen LogP contribution in [0.15, 0.2) is 29.2 Å². The summed E-state index contributed by atoms with van der Waals surface area (Å²) in [5.41, 5.74) is -2.80. The molecule has 1 aromatic heterocycles. The average Bonchev–Trinajstić information content (AvgIpc) is 2.71. The number of halogens is 2. The Hall–Kier alpha value is -3.07. The van der Waals surface area contributed by atoms with Crippen LogP contribution < -0.4 is 10.7 Å². The fraction of sp³-hybridized carbons (Fsp3) is 0.381. The summed E-state index contributed by atoms with van der Waals surface area (Å²) in [5.74, 6) is -3.80. The van der Waals surface area contributed by atoms with E-state index < -0.39 is 58.1 Å². The third-order valence-corrected chi connectivity index (χ3v) is 5.95. The molecule has 1 aromatic carbocycles. The molecule has 0 spiro atoms. The predicted octanol–water partition coefficient (Wildman–Crippen LogP) is 2.14. The molecule has 0 radical (unpaired) electrons. The zero-order chi connectivity index (χ0) is 21.6. The standard InChI is InChI=1S/C21H20F2N2O5/c1-21-6-3-7-30-15(21)10-25-9-12(17(26)18(27)16(25)19(21)28)20(29)24-8-11-13(22)4-2-5-14(11)23/h2,4-5,9,15,27H,3,6-8,10H2,1H3,(H,24,29)/t15-,21-/m0/s1. The number of benzene rings is 1. The molecule has 7 nitrogen and oxygen atoms in total. The number of hydrogen-bond acceptors (Lipinski definition) is 5. The minimum atomic E-state index is -1.01. The summed E-state index contributed by atoms with van der Waals surface area (Å²) in [5, 5.41) is 12.7. The number of nitrogens with one attached hydrogen (secondary N) is 1. The quantitative estimate of drug-likeness (QED) is 0.796. The second-order valence-electron chi connectivity index (χ2n) is 7.81. The number of aromatic hydroxyl groups is 1. The van der Waals surface area contributed by atoms with Gasteiger partial charge in [0.25, 0.3) is 5.91 Å². The van der Waals surface area contributed by atoms with Gasteiger partial charge in [0.2, 0.25) is 5.43 Å². The molecule has 2 atom stereocenters. The number of fused-ring (bicyclic) bond motifs is 2. The van der Waals surface area contributed by atoms with E-state index in [1.807, 2.05) is 0 Å². The number of ether oxygens (including phenoxy) is 1. The number of pyridine rings is 1. The Morgan fingerprint density at radius 1 is 1.33 bits per heavy atom. The zero-order valence-electron chi connectivity index (χ0n) is 16.2. The van der Waals surface area contributed by atoms with Crippen LogP contribution in [-0.4, -0.2) is 34.1 Å². The molecule has 0 aliphatic carbocycles. The Morgan fingerprint density at radius 2 is 2.03 bits per heavy atom. The number of aromatic nitrogens is 1. The van der Waals surface area contributed by atoms with Gasteiger partial charge in [-0.3, -0.25) is 14.4 Å². The van der Waals surface area contributed by atoms with Crippen LogP contribution >= 0.6 is 0 Å². The Kier molecular flexibility index (Phi) is 4.93. The fourth-order valence-electron chi connectivity index (χ4n) is 4.13. The first kappa shape index (κ1) is 20.2. The maximum atomic E-state index is 13.8. The van der Waals surface area contributed by atoms with Gasteiger partial charge in [0.15, 0.2) is 11.5 Å². The van der Waals surface area contributed by atoms with E-state index in [1.165, 1.54) is 16.8 Å². The van der Waals surface area contributed by atoms with Crippen LogP contribution in [0.25, 0.3) is 0 Å². The lowest BCUT2D eigenvalue weighted by atomic mass is 9.71. The number of amides is 1. The normalized spacial score (nSPS) is 22.9. The van der Waals surface area contributed by atoms with Crippen molar-refractivity contribution in [2.24, 2.45) is 5.41 Å². The van der Waals surface area contributed by atoms with Crippen molar-refractivity contribution in [1.29, 1.82) is 0 Å². The first-order valence-corrected chi connectivity index (χ1v) is 9.58. The molecule has 1 saturated heterocycles. The monoisotopic (exact) mass is 418 g/mol. The molecular formula is C21H20F2N2O5. The molecule has 0 saturated carbocycles. The average molecular weight is 418 g/mol. The maximum absolute atomic E-state index is 13.8. The topological polar surface area (TPSA) is 97.6 Å². The molecule has 2 N–H and O–H groups in total. The number of rotatable bonds is 3. The molecule has 2 aliphatic heterocycles. The number of carbonyl (C=O) groups is 2. The molecule has 3 heterocycles. The maximum Gasteiger partial charge on any atom is 0.257 e. The van der Waals surface area contributed by atoms with E-state index in [0.717, 1.165) is 12.1 Å². The van der Waals surface area contributed by atoms with E-state index >= 15 is 0 Å². The lowest BCUT2D eigenvalue weighted by Crippen LogP contribution is -2.52. The van der Waals surface area contributed by atoms with Crippen molar-refractivity contribution in [2.45, 2.75) is 39.0 Å². The predicted molar refractivity (Wildman–Crippen MR) is 101 cm³/mol.